The first-order valence-corrected chi connectivity index (χ1v) is 7.41. The molecule has 1 heterocycles. The van der Waals surface area contributed by atoms with Gasteiger partial charge in [0, 0.05) is 6.04 Å². The van der Waals surface area contributed by atoms with Gasteiger partial charge in [-0.05, 0) is 31.9 Å². The molecule has 5 heteroatoms. The summed E-state index contributed by atoms with van der Waals surface area (Å²) >= 11 is 13.1. The number of ketones is 1. The monoisotopic (exact) mass is 291 g/mol. The predicted octanol–water partition coefficient (Wildman–Crippen LogP) is 4.11. The lowest BCUT2D eigenvalue weighted by Gasteiger charge is -2.19. The highest BCUT2D eigenvalue weighted by atomic mass is 35.5. The lowest BCUT2D eigenvalue weighted by Crippen LogP contribution is -2.32. The van der Waals surface area contributed by atoms with Crippen molar-refractivity contribution in [2.24, 2.45) is 0 Å². The topological polar surface area (TPSA) is 20.3 Å². The summed E-state index contributed by atoms with van der Waals surface area (Å²) in [5, 5.41) is 0. The number of thiophene rings is 1. The standard InChI is InChI=1S/C12H15Cl2NOS/c1-2-5-15(8-3-4-8)7-10(16)9-6-11(13)17-12(9)14/h6,8H,2-5,7H2,1H3. The molecule has 0 aromatic carbocycles. The highest BCUT2D eigenvalue weighted by Gasteiger charge is 2.30. The normalized spacial score (nSPS) is 15.5. The lowest BCUT2D eigenvalue weighted by atomic mass is 10.2. The molecule has 1 aliphatic rings. The molecule has 1 fully saturated rings. The Bertz CT molecular complexity index is 415. The van der Waals surface area contributed by atoms with Crippen molar-refractivity contribution in [1.29, 1.82) is 0 Å². The number of rotatable bonds is 6. The maximum Gasteiger partial charge on any atom is 0.179 e. The zero-order valence-electron chi connectivity index (χ0n) is 9.71. The van der Waals surface area contributed by atoms with Crippen molar-refractivity contribution in [3.8, 4) is 0 Å². The molecule has 0 spiro atoms. The van der Waals surface area contributed by atoms with E-state index in [1.807, 2.05) is 0 Å². The molecule has 0 radical (unpaired) electrons. The molecule has 0 bridgehead atoms. The highest BCUT2D eigenvalue weighted by molar-refractivity contribution is 7.20. The molecule has 1 saturated carbocycles. The Balaban J connectivity index is 2.02. The van der Waals surface area contributed by atoms with Gasteiger partial charge in [0.05, 0.1) is 16.4 Å². The zero-order valence-corrected chi connectivity index (χ0v) is 12.0. The molecular formula is C12H15Cl2NOS. The first kappa shape index (κ1) is 13.3. The minimum absolute atomic E-state index is 0.0819. The number of nitrogens with zero attached hydrogens (tertiary/aromatic N) is 1. The van der Waals surface area contributed by atoms with Gasteiger partial charge in [0.25, 0.3) is 0 Å². The number of hydrogen-bond donors (Lipinski definition) is 0. The Hall–Kier alpha value is -0.0900. The van der Waals surface area contributed by atoms with E-state index >= 15 is 0 Å². The fourth-order valence-corrected chi connectivity index (χ4v) is 3.42. The summed E-state index contributed by atoms with van der Waals surface area (Å²) in [6.45, 7) is 3.57. The molecule has 94 valence electrons. The van der Waals surface area contributed by atoms with Crippen molar-refractivity contribution in [1.82, 2.24) is 4.90 Å². The van der Waals surface area contributed by atoms with Gasteiger partial charge in [-0.2, -0.15) is 0 Å². The van der Waals surface area contributed by atoms with E-state index in [-0.39, 0.29) is 5.78 Å². The summed E-state index contributed by atoms with van der Waals surface area (Å²) in [6.07, 6.45) is 3.50. The molecule has 0 aliphatic heterocycles. The van der Waals surface area contributed by atoms with Gasteiger partial charge >= 0.3 is 0 Å². The van der Waals surface area contributed by atoms with Crippen LogP contribution in [0.4, 0.5) is 0 Å². The van der Waals surface area contributed by atoms with E-state index in [4.69, 9.17) is 23.2 Å². The van der Waals surface area contributed by atoms with Crippen LogP contribution in [0.1, 0.15) is 36.5 Å². The van der Waals surface area contributed by atoms with Crippen LogP contribution in [0.2, 0.25) is 8.67 Å². The summed E-state index contributed by atoms with van der Waals surface area (Å²) < 4.78 is 1.08. The number of carbonyl (C=O) groups excluding carboxylic acids is 1. The minimum Gasteiger partial charge on any atom is -0.293 e. The van der Waals surface area contributed by atoms with Gasteiger partial charge in [-0.15, -0.1) is 11.3 Å². The third-order valence-corrected chi connectivity index (χ3v) is 4.37. The first-order valence-electron chi connectivity index (χ1n) is 5.84. The molecule has 1 aromatic heterocycles. The second kappa shape index (κ2) is 5.70. The van der Waals surface area contributed by atoms with Gasteiger partial charge in [0.2, 0.25) is 0 Å². The average molecular weight is 292 g/mol. The Kier molecular flexibility index (Phi) is 4.47. The molecule has 0 saturated heterocycles. The minimum atomic E-state index is 0.0819. The molecule has 2 nitrogen and oxygen atoms in total. The zero-order chi connectivity index (χ0) is 12.4. The Morgan fingerprint density at radius 3 is 2.71 bits per heavy atom. The molecule has 17 heavy (non-hydrogen) atoms. The molecule has 0 unspecified atom stereocenters. The summed E-state index contributed by atoms with van der Waals surface area (Å²) in [6, 6.07) is 2.28. The molecule has 0 N–H and O–H groups in total. The van der Waals surface area contributed by atoms with E-state index in [0.717, 1.165) is 13.0 Å². The van der Waals surface area contributed by atoms with Crippen LogP contribution in [0, 0.1) is 0 Å². The highest BCUT2D eigenvalue weighted by Crippen LogP contribution is 2.32. The molecule has 1 aromatic rings. The summed E-state index contributed by atoms with van der Waals surface area (Å²) in [4.78, 5) is 14.4. The summed E-state index contributed by atoms with van der Waals surface area (Å²) in [5.74, 6) is 0.0819. The van der Waals surface area contributed by atoms with Gasteiger partial charge in [-0.1, -0.05) is 30.1 Å². The fourth-order valence-electron chi connectivity index (χ4n) is 1.92. The molecular weight excluding hydrogens is 277 g/mol. The third kappa shape index (κ3) is 3.44. The van der Waals surface area contributed by atoms with Crippen LogP contribution in [0.15, 0.2) is 6.07 Å². The van der Waals surface area contributed by atoms with E-state index in [2.05, 4.69) is 11.8 Å². The molecule has 1 aliphatic carbocycles. The summed E-state index contributed by atoms with van der Waals surface area (Å²) in [5.41, 5.74) is 0.573. The number of Topliss-reactive ketones (excluding diaryl/α,β-unsaturated/α-hetero) is 1. The van der Waals surface area contributed by atoms with Gasteiger partial charge in [-0.25, -0.2) is 0 Å². The van der Waals surface area contributed by atoms with Crippen LogP contribution in [-0.2, 0) is 0 Å². The predicted molar refractivity (Wildman–Crippen MR) is 73.6 cm³/mol. The van der Waals surface area contributed by atoms with Crippen LogP contribution in [0.5, 0.6) is 0 Å². The van der Waals surface area contributed by atoms with Crippen molar-refractivity contribution in [3.05, 3.63) is 20.3 Å². The summed E-state index contributed by atoms with van der Waals surface area (Å²) in [7, 11) is 0. The fraction of sp³-hybridized carbons (Fsp3) is 0.583. The van der Waals surface area contributed by atoms with E-state index < -0.39 is 0 Å². The SMILES string of the molecule is CCCN(CC(=O)c1cc(Cl)sc1Cl)C1CC1. The van der Waals surface area contributed by atoms with Gasteiger partial charge in [-0.3, -0.25) is 9.69 Å². The smallest absolute Gasteiger partial charge is 0.179 e. The molecule has 2 rings (SSSR count). The number of carbonyl (C=O) groups is 1. The quantitative estimate of drug-likeness (QED) is 0.735. The van der Waals surface area contributed by atoms with E-state index in [1.165, 1.54) is 24.2 Å². The Labute approximate surface area is 116 Å². The van der Waals surface area contributed by atoms with Crippen molar-refractivity contribution >= 4 is 40.3 Å². The third-order valence-electron chi connectivity index (χ3n) is 2.88. The molecule has 0 atom stereocenters. The first-order chi connectivity index (χ1) is 8.11. The van der Waals surface area contributed by atoms with Crippen LogP contribution >= 0.6 is 34.5 Å². The Morgan fingerprint density at radius 2 is 2.24 bits per heavy atom. The van der Waals surface area contributed by atoms with Crippen molar-refractivity contribution in [2.75, 3.05) is 13.1 Å². The van der Waals surface area contributed by atoms with Crippen molar-refractivity contribution in [2.45, 2.75) is 32.2 Å². The van der Waals surface area contributed by atoms with E-state index in [9.17, 15) is 4.79 Å². The average Bonchev–Trinajstić information content (AvgIpc) is 3.04. The lowest BCUT2D eigenvalue weighted by molar-refractivity contribution is 0.0925. The van der Waals surface area contributed by atoms with Crippen LogP contribution < -0.4 is 0 Å². The second-order valence-corrected chi connectivity index (χ2v) is 6.65. The largest absolute Gasteiger partial charge is 0.293 e. The molecule has 0 amide bonds. The maximum absolute atomic E-state index is 12.1. The number of hydrogen-bond acceptors (Lipinski definition) is 3. The van der Waals surface area contributed by atoms with Crippen molar-refractivity contribution < 1.29 is 4.79 Å². The van der Waals surface area contributed by atoms with Gasteiger partial charge < -0.3 is 0 Å². The maximum atomic E-state index is 12.1. The van der Waals surface area contributed by atoms with E-state index in [1.54, 1.807) is 6.07 Å². The van der Waals surface area contributed by atoms with Crippen LogP contribution in [0.25, 0.3) is 0 Å². The van der Waals surface area contributed by atoms with Crippen LogP contribution in [0.3, 0.4) is 0 Å². The second-order valence-electron chi connectivity index (χ2n) is 4.36. The Morgan fingerprint density at radius 1 is 1.53 bits per heavy atom. The van der Waals surface area contributed by atoms with Crippen molar-refractivity contribution in [3.63, 3.8) is 0 Å². The van der Waals surface area contributed by atoms with E-state index in [0.29, 0.717) is 26.8 Å². The van der Waals surface area contributed by atoms with Gasteiger partial charge in [0.1, 0.15) is 4.34 Å². The number of halogens is 2. The van der Waals surface area contributed by atoms with Gasteiger partial charge in [0.15, 0.2) is 5.78 Å². The van der Waals surface area contributed by atoms with Crippen LogP contribution in [-0.4, -0.2) is 29.8 Å².